The number of aryl methyl sites for hydroxylation is 1. The first-order chi connectivity index (χ1) is 22.0. The Balaban J connectivity index is 1.62. The normalized spacial score (nSPS) is 27.1. The Bertz CT molecular complexity index is 1470. The van der Waals surface area contributed by atoms with E-state index in [1.807, 2.05) is 63.2 Å². The third-order valence-corrected chi connectivity index (χ3v) is 13.0. The first-order valence-electron chi connectivity index (χ1n) is 15.9. The highest BCUT2D eigenvalue weighted by atomic mass is 79.9. The van der Waals surface area contributed by atoms with E-state index in [2.05, 4.69) is 29.1 Å². The molecule has 2 aromatic carbocycles. The fourth-order valence-corrected chi connectivity index (χ4v) is 11.7. The van der Waals surface area contributed by atoms with E-state index in [0.717, 1.165) is 11.1 Å². The Hall–Kier alpha value is -2.59. The van der Waals surface area contributed by atoms with Crippen molar-refractivity contribution in [2.24, 2.45) is 17.8 Å². The van der Waals surface area contributed by atoms with Crippen LogP contribution in [0.2, 0.25) is 5.02 Å². The number of nitrogens with zero attached hydrogens (tertiary/aromatic N) is 3. The zero-order valence-electron chi connectivity index (χ0n) is 26.6. The summed E-state index contributed by atoms with van der Waals surface area (Å²) in [5.41, 5.74) is 2.38. The molecule has 3 fully saturated rings. The van der Waals surface area contributed by atoms with Crippen molar-refractivity contribution >= 4 is 62.7 Å². The van der Waals surface area contributed by atoms with Crippen LogP contribution in [-0.4, -0.2) is 79.2 Å². The predicted molar refractivity (Wildman–Crippen MR) is 190 cm³/mol. The van der Waals surface area contributed by atoms with Crippen LogP contribution in [0.4, 0.5) is 5.69 Å². The fourth-order valence-electron chi connectivity index (χ4n) is 7.78. The number of likely N-dealkylation sites (tertiary alicyclic amines) is 1. The molecule has 10 heteroatoms. The molecule has 3 aliphatic heterocycles. The maximum atomic E-state index is 15.1. The molecule has 3 amide bonds. The lowest BCUT2D eigenvalue weighted by Gasteiger charge is -2.40. The van der Waals surface area contributed by atoms with Crippen LogP contribution in [-0.2, 0) is 20.9 Å². The SMILES string of the molecule is C=CCN(Cc1ccccc1)C(=O)[C@H]1[C@@H]2SC3(CC2Br)C(C(=O)N(CC=C)c2c(C)cccc2Cl)N([C@@H](CO)CC(C)C)C(=O)[C@H]13. The number of halogens is 2. The molecule has 46 heavy (non-hydrogen) atoms. The molecule has 0 aliphatic carbocycles. The summed E-state index contributed by atoms with van der Waals surface area (Å²) in [6.45, 7) is 14.4. The zero-order valence-corrected chi connectivity index (χ0v) is 29.8. The van der Waals surface area contributed by atoms with Crippen molar-refractivity contribution < 1.29 is 19.5 Å². The van der Waals surface area contributed by atoms with Gasteiger partial charge in [0.2, 0.25) is 11.8 Å². The van der Waals surface area contributed by atoms with Crippen LogP contribution in [0.3, 0.4) is 0 Å². The number of alkyl halides is 1. The minimum Gasteiger partial charge on any atom is -0.394 e. The highest BCUT2D eigenvalue weighted by Crippen LogP contribution is 2.68. The van der Waals surface area contributed by atoms with Gasteiger partial charge in [-0.15, -0.1) is 24.9 Å². The molecular weight excluding hydrogens is 686 g/mol. The van der Waals surface area contributed by atoms with Crippen LogP contribution in [0.1, 0.15) is 37.8 Å². The summed E-state index contributed by atoms with van der Waals surface area (Å²) in [6.07, 6.45) is 4.42. The largest absolute Gasteiger partial charge is 0.394 e. The minimum absolute atomic E-state index is 0.0827. The molecule has 7 nitrogen and oxygen atoms in total. The lowest BCUT2D eigenvalue weighted by atomic mass is 9.70. The number of carbonyl (C=O) groups excluding carboxylic acids is 3. The molecule has 5 rings (SSSR count). The summed E-state index contributed by atoms with van der Waals surface area (Å²) >= 11 is 12.2. The smallest absolute Gasteiger partial charge is 0.251 e. The monoisotopic (exact) mass is 727 g/mol. The molecule has 3 aliphatic rings. The number of benzene rings is 2. The number of hydrogen-bond donors (Lipinski definition) is 1. The van der Waals surface area contributed by atoms with Crippen LogP contribution in [0.25, 0.3) is 0 Å². The number of anilines is 1. The van der Waals surface area contributed by atoms with Gasteiger partial charge >= 0.3 is 0 Å². The quantitative estimate of drug-likeness (QED) is 0.195. The van der Waals surface area contributed by atoms with Crippen LogP contribution in [0.5, 0.6) is 0 Å². The second-order valence-electron chi connectivity index (χ2n) is 13.0. The molecule has 0 aromatic heterocycles. The summed E-state index contributed by atoms with van der Waals surface area (Å²) in [6, 6.07) is 13.8. The van der Waals surface area contributed by atoms with Crippen molar-refractivity contribution in [2.45, 2.75) is 67.1 Å². The molecule has 3 saturated heterocycles. The van der Waals surface area contributed by atoms with Gasteiger partial charge in [-0.1, -0.05) is 96.0 Å². The molecule has 246 valence electrons. The number of para-hydroxylation sites is 1. The van der Waals surface area contributed by atoms with Crippen LogP contribution in [0.15, 0.2) is 73.8 Å². The number of carbonyl (C=O) groups is 3. The Morgan fingerprint density at radius 2 is 1.83 bits per heavy atom. The van der Waals surface area contributed by atoms with Gasteiger partial charge < -0.3 is 19.8 Å². The van der Waals surface area contributed by atoms with E-state index < -0.39 is 28.7 Å². The van der Waals surface area contributed by atoms with Crippen molar-refractivity contribution in [1.82, 2.24) is 9.80 Å². The van der Waals surface area contributed by atoms with Gasteiger partial charge in [0.15, 0.2) is 0 Å². The Labute approximate surface area is 290 Å². The third kappa shape index (κ3) is 6.09. The van der Waals surface area contributed by atoms with Crippen LogP contribution >= 0.6 is 39.3 Å². The van der Waals surface area contributed by atoms with Gasteiger partial charge in [-0.05, 0) is 42.9 Å². The van der Waals surface area contributed by atoms with Crippen molar-refractivity contribution in [3.05, 3.63) is 90.0 Å². The third-order valence-electron chi connectivity index (χ3n) is 9.51. The van der Waals surface area contributed by atoms with Crippen molar-refractivity contribution in [2.75, 3.05) is 24.6 Å². The number of amides is 3. The topological polar surface area (TPSA) is 81.2 Å². The first kappa shape index (κ1) is 34.7. The van der Waals surface area contributed by atoms with Crippen LogP contribution in [0, 0.1) is 24.7 Å². The van der Waals surface area contributed by atoms with Gasteiger partial charge in [-0.3, -0.25) is 14.4 Å². The molecule has 2 aromatic rings. The average molecular weight is 729 g/mol. The van der Waals surface area contributed by atoms with E-state index in [-0.39, 0.29) is 46.9 Å². The molecule has 1 spiro atoms. The maximum Gasteiger partial charge on any atom is 0.251 e. The van der Waals surface area contributed by atoms with Gasteiger partial charge in [-0.2, -0.15) is 0 Å². The Morgan fingerprint density at radius 3 is 2.43 bits per heavy atom. The van der Waals surface area contributed by atoms with Gasteiger partial charge in [0.05, 0.1) is 39.9 Å². The van der Waals surface area contributed by atoms with Gasteiger partial charge in [0, 0.05) is 29.7 Å². The molecular formula is C36H43BrClN3O4S. The second kappa shape index (κ2) is 14.3. The average Bonchev–Trinajstić information content (AvgIpc) is 3.62. The first-order valence-corrected chi connectivity index (χ1v) is 18.0. The van der Waals surface area contributed by atoms with Crippen molar-refractivity contribution in [3.8, 4) is 0 Å². The molecule has 2 bridgehead atoms. The lowest BCUT2D eigenvalue weighted by Crippen LogP contribution is -2.58. The summed E-state index contributed by atoms with van der Waals surface area (Å²) < 4.78 is -0.876. The Morgan fingerprint density at radius 1 is 1.13 bits per heavy atom. The Kier molecular flexibility index (Phi) is 10.8. The fraction of sp³-hybridized carbons (Fsp3) is 0.472. The van der Waals surface area contributed by atoms with E-state index in [9.17, 15) is 14.7 Å². The summed E-state index contributed by atoms with van der Waals surface area (Å²) in [5.74, 6) is -1.84. The summed E-state index contributed by atoms with van der Waals surface area (Å²) in [7, 11) is 0. The predicted octanol–water partition coefficient (Wildman–Crippen LogP) is 6.25. The second-order valence-corrected chi connectivity index (χ2v) is 16.1. The highest BCUT2D eigenvalue weighted by molar-refractivity contribution is 9.09. The van der Waals surface area contributed by atoms with Gasteiger partial charge in [0.25, 0.3) is 5.91 Å². The minimum atomic E-state index is -0.911. The molecule has 1 N–H and O–H groups in total. The summed E-state index contributed by atoms with van der Waals surface area (Å²) in [4.78, 5) is 49.5. The van der Waals surface area contributed by atoms with E-state index in [1.54, 1.807) is 44.7 Å². The number of rotatable bonds is 13. The standard InChI is InChI=1S/C36H43BrClN3O4S/c1-6-16-39(20-24-13-9-8-10-14-24)33(43)28-29-34(44)41(25(21-42)18-22(3)4)32(36(29)19-26(37)31(28)46-36)35(45)40(17-7-2)30-23(5)12-11-15-27(30)38/h6-15,22,25-26,28-29,31-32,42H,1-2,16-21H2,3-5H3/t25-,26?,28-,29+,31-,32?,36?/m1/s1. The van der Waals surface area contributed by atoms with Gasteiger partial charge in [0.1, 0.15) is 6.04 Å². The number of thioether (sulfide) groups is 1. The van der Waals surface area contributed by atoms with Crippen molar-refractivity contribution in [3.63, 3.8) is 0 Å². The van der Waals surface area contributed by atoms with E-state index >= 15 is 4.79 Å². The molecule has 0 saturated carbocycles. The molecule has 0 radical (unpaired) electrons. The lowest BCUT2D eigenvalue weighted by molar-refractivity contribution is -0.145. The highest BCUT2D eigenvalue weighted by Gasteiger charge is 2.76. The number of hydrogen-bond acceptors (Lipinski definition) is 5. The number of aliphatic hydroxyl groups excluding tert-OH is 1. The van der Waals surface area contributed by atoms with E-state index in [1.165, 1.54) is 0 Å². The molecule has 7 atom stereocenters. The summed E-state index contributed by atoms with van der Waals surface area (Å²) in [5, 5.41) is 10.9. The molecule has 3 unspecified atom stereocenters. The number of fused-ring (bicyclic) bond motifs is 1. The van der Waals surface area contributed by atoms with E-state index in [4.69, 9.17) is 11.6 Å². The number of aliphatic hydroxyl groups is 1. The maximum absolute atomic E-state index is 15.1. The zero-order chi connectivity index (χ0) is 33.3. The van der Waals surface area contributed by atoms with Crippen molar-refractivity contribution in [1.29, 1.82) is 0 Å². The van der Waals surface area contributed by atoms with Gasteiger partial charge in [-0.25, -0.2) is 0 Å². The van der Waals surface area contributed by atoms with Crippen LogP contribution < -0.4 is 4.90 Å². The van der Waals surface area contributed by atoms with E-state index in [0.29, 0.717) is 36.6 Å². The molecule has 3 heterocycles.